The number of amides is 1. The lowest BCUT2D eigenvalue weighted by Crippen LogP contribution is -2.14. The van der Waals surface area contributed by atoms with Crippen LogP contribution in [0.2, 0.25) is 0 Å². The van der Waals surface area contributed by atoms with Gasteiger partial charge in [-0.05, 0) is 31.2 Å². The van der Waals surface area contributed by atoms with Crippen molar-refractivity contribution < 1.29 is 14.1 Å². The Bertz CT molecular complexity index is 890. The predicted molar refractivity (Wildman–Crippen MR) is 103 cm³/mol. The van der Waals surface area contributed by atoms with Gasteiger partial charge in [-0.25, -0.2) is 4.98 Å². The summed E-state index contributed by atoms with van der Waals surface area (Å²) in [6.07, 6.45) is 0. The van der Waals surface area contributed by atoms with Crippen molar-refractivity contribution in [2.24, 2.45) is 0 Å². The Hall–Kier alpha value is -2.39. The van der Waals surface area contributed by atoms with Crippen LogP contribution >= 0.6 is 23.1 Å². The summed E-state index contributed by atoms with van der Waals surface area (Å²) in [5.41, 5.74) is 1.85. The Balaban J connectivity index is 1.56. The van der Waals surface area contributed by atoms with Crippen molar-refractivity contribution in [3.8, 4) is 17.0 Å². The molecule has 0 spiro atoms. The number of aryl methyl sites for hydroxylation is 2. The summed E-state index contributed by atoms with van der Waals surface area (Å²) in [6.45, 7) is 3.72. The molecule has 0 atom stereocenters. The molecule has 0 aliphatic carbocycles. The van der Waals surface area contributed by atoms with E-state index < -0.39 is 0 Å². The molecule has 9 heteroatoms. The number of thiazole rings is 1. The summed E-state index contributed by atoms with van der Waals surface area (Å²) in [5, 5.41) is 7.24. The first-order valence-electron chi connectivity index (χ1n) is 7.84. The van der Waals surface area contributed by atoms with Crippen molar-refractivity contribution in [3.63, 3.8) is 0 Å². The maximum absolute atomic E-state index is 12.1. The highest BCUT2D eigenvalue weighted by Crippen LogP contribution is 2.31. The number of nitrogens with one attached hydrogen (secondary N) is 1. The average Bonchev–Trinajstić information content (AvgIpc) is 3.20. The van der Waals surface area contributed by atoms with Gasteiger partial charge in [0, 0.05) is 17.4 Å². The SMILES string of the molecule is COc1ccc(-c2nc(NC(=O)CSCc3noc(C)n3)sc2C)cc1. The molecule has 2 aromatic heterocycles. The van der Waals surface area contributed by atoms with Crippen molar-refractivity contribution in [1.29, 1.82) is 0 Å². The molecule has 0 radical (unpaired) electrons. The van der Waals surface area contributed by atoms with Gasteiger partial charge in [-0.15, -0.1) is 23.1 Å². The lowest BCUT2D eigenvalue weighted by molar-refractivity contribution is -0.113. The summed E-state index contributed by atoms with van der Waals surface area (Å²) in [7, 11) is 1.63. The second kappa shape index (κ2) is 8.33. The summed E-state index contributed by atoms with van der Waals surface area (Å²) < 4.78 is 10.1. The van der Waals surface area contributed by atoms with E-state index in [2.05, 4.69) is 20.4 Å². The standard InChI is InChI=1S/C17H18N4O3S2/c1-10-16(12-4-6-13(23-3)7-5-12)20-17(26-10)19-15(22)9-25-8-14-18-11(2)24-21-14/h4-7H,8-9H2,1-3H3,(H,19,20,22). The van der Waals surface area contributed by atoms with Crippen LogP contribution in [-0.4, -0.2) is 33.9 Å². The van der Waals surface area contributed by atoms with Gasteiger partial charge in [-0.2, -0.15) is 4.98 Å². The fraction of sp³-hybridized carbons (Fsp3) is 0.294. The fourth-order valence-electron chi connectivity index (χ4n) is 2.26. The summed E-state index contributed by atoms with van der Waals surface area (Å²) in [4.78, 5) is 21.8. The number of anilines is 1. The van der Waals surface area contributed by atoms with E-state index in [0.29, 0.717) is 28.4 Å². The van der Waals surface area contributed by atoms with Crippen molar-refractivity contribution in [2.75, 3.05) is 18.2 Å². The fourth-order valence-corrected chi connectivity index (χ4v) is 3.77. The number of thioether (sulfide) groups is 1. The van der Waals surface area contributed by atoms with Gasteiger partial charge >= 0.3 is 0 Å². The third-order valence-corrected chi connectivity index (χ3v) is 5.26. The van der Waals surface area contributed by atoms with Gasteiger partial charge in [0.25, 0.3) is 0 Å². The summed E-state index contributed by atoms with van der Waals surface area (Å²) in [6, 6.07) is 7.69. The molecule has 3 aromatic rings. The zero-order valence-electron chi connectivity index (χ0n) is 14.6. The topological polar surface area (TPSA) is 90.1 Å². The number of benzene rings is 1. The lowest BCUT2D eigenvalue weighted by Gasteiger charge is -2.02. The molecule has 0 saturated heterocycles. The number of aromatic nitrogens is 3. The molecule has 0 aliphatic rings. The summed E-state index contributed by atoms with van der Waals surface area (Å²) in [5.74, 6) is 2.62. The van der Waals surface area contributed by atoms with Crippen LogP contribution in [-0.2, 0) is 10.5 Å². The monoisotopic (exact) mass is 390 g/mol. The van der Waals surface area contributed by atoms with E-state index in [1.54, 1.807) is 14.0 Å². The van der Waals surface area contributed by atoms with Crippen LogP contribution in [0.15, 0.2) is 28.8 Å². The van der Waals surface area contributed by atoms with Crippen LogP contribution in [0.1, 0.15) is 16.6 Å². The minimum absolute atomic E-state index is 0.106. The van der Waals surface area contributed by atoms with Crippen LogP contribution < -0.4 is 10.1 Å². The minimum atomic E-state index is -0.106. The van der Waals surface area contributed by atoms with Gasteiger partial charge in [0.1, 0.15) is 5.75 Å². The van der Waals surface area contributed by atoms with Crippen LogP contribution in [0, 0.1) is 13.8 Å². The third kappa shape index (κ3) is 4.61. The Labute approximate surface area is 159 Å². The minimum Gasteiger partial charge on any atom is -0.497 e. The summed E-state index contributed by atoms with van der Waals surface area (Å²) >= 11 is 2.88. The molecule has 3 rings (SSSR count). The smallest absolute Gasteiger partial charge is 0.236 e. The first-order chi connectivity index (χ1) is 12.5. The number of nitrogens with zero attached hydrogens (tertiary/aromatic N) is 3. The largest absolute Gasteiger partial charge is 0.497 e. The van der Waals surface area contributed by atoms with Gasteiger partial charge in [0.15, 0.2) is 11.0 Å². The zero-order chi connectivity index (χ0) is 18.5. The first kappa shape index (κ1) is 18.4. The Morgan fingerprint density at radius 2 is 2.04 bits per heavy atom. The van der Waals surface area contributed by atoms with E-state index in [1.165, 1.54) is 23.1 Å². The van der Waals surface area contributed by atoms with Crippen LogP contribution in [0.4, 0.5) is 5.13 Å². The second-order valence-corrected chi connectivity index (χ2v) is 7.61. The van der Waals surface area contributed by atoms with E-state index in [0.717, 1.165) is 21.9 Å². The van der Waals surface area contributed by atoms with Crippen molar-refractivity contribution in [2.45, 2.75) is 19.6 Å². The predicted octanol–water partition coefficient (Wildman–Crippen LogP) is 3.69. The number of hydrogen-bond donors (Lipinski definition) is 1. The normalized spacial score (nSPS) is 10.7. The molecule has 0 bridgehead atoms. The average molecular weight is 390 g/mol. The van der Waals surface area contributed by atoms with Crippen LogP contribution in [0.25, 0.3) is 11.3 Å². The highest BCUT2D eigenvalue weighted by Gasteiger charge is 2.13. The number of hydrogen-bond acceptors (Lipinski definition) is 8. The molecule has 26 heavy (non-hydrogen) atoms. The molecule has 2 heterocycles. The van der Waals surface area contributed by atoms with Crippen LogP contribution in [0.3, 0.4) is 0 Å². The van der Waals surface area contributed by atoms with Gasteiger partial charge in [-0.3, -0.25) is 4.79 Å². The molecular weight excluding hydrogens is 372 g/mol. The van der Waals surface area contributed by atoms with Gasteiger partial charge in [0.05, 0.1) is 24.3 Å². The lowest BCUT2D eigenvalue weighted by atomic mass is 10.1. The molecular formula is C17H18N4O3S2. The van der Waals surface area contributed by atoms with E-state index in [1.807, 2.05) is 31.2 Å². The Morgan fingerprint density at radius 3 is 2.69 bits per heavy atom. The Morgan fingerprint density at radius 1 is 1.27 bits per heavy atom. The van der Waals surface area contributed by atoms with E-state index in [9.17, 15) is 4.79 Å². The third-order valence-electron chi connectivity index (χ3n) is 3.44. The number of rotatable bonds is 7. The second-order valence-electron chi connectivity index (χ2n) is 5.42. The number of carbonyl (C=O) groups excluding carboxylic acids is 1. The maximum Gasteiger partial charge on any atom is 0.236 e. The molecule has 7 nitrogen and oxygen atoms in total. The maximum atomic E-state index is 12.1. The quantitative estimate of drug-likeness (QED) is 0.658. The van der Waals surface area contributed by atoms with Crippen molar-refractivity contribution in [1.82, 2.24) is 15.1 Å². The van der Waals surface area contributed by atoms with Crippen molar-refractivity contribution in [3.05, 3.63) is 40.9 Å². The Kier molecular flexibility index (Phi) is 5.89. The first-order valence-corrected chi connectivity index (χ1v) is 9.81. The molecule has 0 saturated carbocycles. The van der Waals surface area contributed by atoms with Gasteiger partial charge in [0.2, 0.25) is 11.8 Å². The molecule has 136 valence electrons. The number of ether oxygens (including phenoxy) is 1. The van der Waals surface area contributed by atoms with Crippen LogP contribution in [0.5, 0.6) is 5.75 Å². The highest BCUT2D eigenvalue weighted by atomic mass is 32.2. The molecule has 0 aliphatic heterocycles. The number of methoxy groups -OCH3 is 1. The van der Waals surface area contributed by atoms with E-state index >= 15 is 0 Å². The van der Waals surface area contributed by atoms with E-state index in [4.69, 9.17) is 9.26 Å². The molecule has 0 unspecified atom stereocenters. The van der Waals surface area contributed by atoms with E-state index in [-0.39, 0.29) is 5.91 Å². The highest BCUT2D eigenvalue weighted by molar-refractivity contribution is 7.99. The number of carbonyl (C=O) groups is 1. The zero-order valence-corrected chi connectivity index (χ0v) is 16.2. The molecule has 1 N–H and O–H groups in total. The van der Waals surface area contributed by atoms with Gasteiger partial charge < -0.3 is 14.6 Å². The van der Waals surface area contributed by atoms with Gasteiger partial charge in [-0.1, -0.05) is 5.16 Å². The molecule has 1 amide bonds. The molecule has 1 aromatic carbocycles. The molecule has 0 fully saturated rings. The van der Waals surface area contributed by atoms with Crippen molar-refractivity contribution >= 4 is 34.1 Å².